The Morgan fingerprint density at radius 3 is 2.53 bits per heavy atom. The van der Waals surface area contributed by atoms with E-state index in [0.717, 1.165) is 36.5 Å². The Bertz CT molecular complexity index is 392. The summed E-state index contributed by atoms with van der Waals surface area (Å²) in [6.45, 7) is 6.17. The molecule has 0 aliphatic heterocycles. The van der Waals surface area contributed by atoms with Crippen molar-refractivity contribution in [3.8, 4) is 0 Å². The van der Waals surface area contributed by atoms with E-state index in [1.807, 2.05) is 24.3 Å². The second kappa shape index (κ2) is 8.18. The number of carboxylic acid groups (broad SMARTS) is 1. The summed E-state index contributed by atoms with van der Waals surface area (Å²) in [6, 6.07) is 7.73. The van der Waals surface area contributed by atoms with Crippen molar-refractivity contribution in [2.75, 3.05) is 13.1 Å². The summed E-state index contributed by atoms with van der Waals surface area (Å²) in [7, 11) is 0. The Kier molecular flexibility index (Phi) is 6.89. The van der Waals surface area contributed by atoms with E-state index in [1.165, 1.54) is 0 Å². The Hall–Kier alpha value is -1.06. The van der Waals surface area contributed by atoms with Crippen molar-refractivity contribution in [2.45, 2.75) is 33.2 Å². The van der Waals surface area contributed by atoms with Crippen LogP contribution in [0.1, 0.15) is 32.3 Å². The highest BCUT2D eigenvalue weighted by atomic mass is 35.5. The van der Waals surface area contributed by atoms with Crippen LogP contribution in [0.15, 0.2) is 24.3 Å². The number of benzene rings is 1. The molecular formula is C15H22ClNO2. The summed E-state index contributed by atoms with van der Waals surface area (Å²) in [4.78, 5) is 13.2. The van der Waals surface area contributed by atoms with Gasteiger partial charge in [-0.05, 0) is 30.7 Å². The summed E-state index contributed by atoms with van der Waals surface area (Å²) < 4.78 is 0. The van der Waals surface area contributed by atoms with Crippen molar-refractivity contribution in [1.82, 2.24) is 4.90 Å². The normalized spacial score (nSPS) is 12.6. The predicted molar refractivity (Wildman–Crippen MR) is 78.4 cm³/mol. The molecule has 0 spiro atoms. The standard InChI is InChI=1S/C15H22ClNO2/c1-3-4-9-17(10-12(2)15(18)19)11-13-5-7-14(16)8-6-13/h5-8,12H,3-4,9-11H2,1-2H3,(H,18,19). The maximum atomic E-state index is 11.0. The van der Waals surface area contributed by atoms with Crippen LogP contribution in [0.3, 0.4) is 0 Å². The van der Waals surface area contributed by atoms with Gasteiger partial charge in [0.2, 0.25) is 0 Å². The van der Waals surface area contributed by atoms with Crippen molar-refractivity contribution in [3.05, 3.63) is 34.9 Å². The fourth-order valence-corrected chi connectivity index (χ4v) is 2.06. The van der Waals surface area contributed by atoms with Crippen molar-refractivity contribution in [2.24, 2.45) is 5.92 Å². The molecule has 1 aromatic carbocycles. The van der Waals surface area contributed by atoms with Gasteiger partial charge >= 0.3 is 5.97 Å². The molecule has 3 nitrogen and oxygen atoms in total. The van der Waals surface area contributed by atoms with Gasteiger partial charge in [-0.15, -0.1) is 0 Å². The zero-order chi connectivity index (χ0) is 14.3. The Balaban J connectivity index is 2.62. The van der Waals surface area contributed by atoms with Gasteiger partial charge in [0.05, 0.1) is 5.92 Å². The first kappa shape index (κ1) is 16.0. The lowest BCUT2D eigenvalue weighted by Crippen LogP contribution is -2.32. The molecule has 106 valence electrons. The van der Waals surface area contributed by atoms with Gasteiger partial charge in [0.1, 0.15) is 0 Å². The van der Waals surface area contributed by atoms with Gasteiger partial charge in [0.15, 0.2) is 0 Å². The first-order valence-electron chi connectivity index (χ1n) is 6.72. The zero-order valence-electron chi connectivity index (χ0n) is 11.6. The maximum Gasteiger partial charge on any atom is 0.307 e. The van der Waals surface area contributed by atoms with Crippen molar-refractivity contribution in [3.63, 3.8) is 0 Å². The van der Waals surface area contributed by atoms with Gasteiger partial charge in [-0.3, -0.25) is 9.69 Å². The Labute approximate surface area is 120 Å². The van der Waals surface area contributed by atoms with Crippen molar-refractivity contribution in [1.29, 1.82) is 0 Å². The minimum atomic E-state index is -0.738. The molecule has 1 atom stereocenters. The minimum absolute atomic E-state index is 0.343. The van der Waals surface area contributed by atoms with Crippen LogP contribution in [0.5, 0.6) is 0 Å². The Morgan fingerprint density at radius 2 is 2.00 bits per heavy atom. The second-order valence-electron chi connectivity index (χ2n) is 4.95. The molecule has 0 radical (unpaired) electrons. The highest BCUT2D eigenvalue weighted by molar-refractivity contribution is 6.30. The summed E-state index contributed by atoms with van der Waals surface area (Å²) in [5, 5.41) is 9.74. The van der Waals surface area contributed by atoms with E-state index in [9.17, 15) is 4.79 Å². The Morgan fingerprint density at radius 1 is 1.37 bits per heavy atom. The number of carbonyl (C=O) groups is 1. The number of hydrogen-bond acceptors (Lipinski definition) is 2. The third-order valence-electron chi connectivity index (χ3n) is 3.10. The first-order chi connectivity index (χ1) is 9.02. The molecule has 0 bridgehead atoms. The second-order valence-corrected chi connectivity index (χ2v) is 5.39. The largest absolute Gasteiger partial charge is 0.481 e. The van der Waals surface area contributed by atoms with Crippen LogP contribution < -0.4 is 0 Å². The molecule has 0 aliphatic carbocycles. The highest BCUT2D eigenvalue weighted by Gasteiger charge is 2.16. The zero-order valence-corrected chi connectivity index (χ0v) is 12.4. The molecule has 19 heavy (non-hydrogen) atoms. The van der Waals surface area contributed by atoms with Gasteiger partial charge in [-0.1, -0.05) is 44.0 Å². The van der Waals surface area contributed by atoms with Crippen molar-refractivity contribution >= 4 is 17.6 Å². The lowest BCUT2D eigenvalue weighted by molar-refractivity contribution is -0.141. The van der Waals surface area contributed by atoms with Crippen LogP contribution in [0, 0.1) is 5.92 Å². The molecule has 0 heterocycles. The SMILES string of the molecule is CCCCN(Cc1ccc(Cl)cc1)CC(C)C(=O)O. The molecule has 0 fully saturated rings. The number of carboxylic acids is 1. The molecule has 0 aliphatic rings. The number of aliphatic carboxylic acids is 1. The number of halogens is 1. The average Bonchev–Trinajstić information content (AvgIpc) is 2.38. The summed E-state index contributed by atoms with van der Waals surface area (Å²) in [6.07, 6.45) is 2.19. The summed E-state index contributed by atoms with van der Waals surface area (Å²) >= 11 is 5.87. The van der Waals surface area contributed by atoms with Crippen LogP contribution in [0.25, 0.3) is 0 Å². The van der Waals surface area contributed by atoms with E-state index in [-0.39, 0.29) is 5.92 Å². The minimum Gasteiger partial charge on any atom is -0.481 e. The number of unbranched alkanes of at least 4 members (excludes halogenated alkanes) is 1. The van der Waals surface area contributed by atoms with Gasteiger partial charge in [0, 0.05) is 18.1 Å². The molecule has 1 rings (SSSR count). The average molecular weight is 284 g/mol. The smallest absolute Gasteiger partial charge is 0.307 e. The number of hydrogen-bond donors (Lipinski definition) is 1. The molecule has 0 saturated carbocycles. The van der Waals surface area contributed by atoms with Crippen LogP contribution in [0.4, 0.5) is 0 Å². The van der Waals surface area contributed by atoms with Gasteiger partial charge < -0.3 is 5.11 Å². The van der Waals surface area contributed by atoms with E-state index in [1.54, 1.807) is 6.92 Å². The molecule has 0 aromatic heterocycles. The van der Waals surface area contributed by atoms with E-state index in [4.69, 9.17) is 16.7 Å². The van der Waals surface area contributed by atoms with E-state index in [2.05, 4.69) is 11.8 Å². The summed E-state index contributed by atoms with van der Waals surface area (Å²) in [5.41, 5.74) is 1.16. The highest BCUT2D eigenvalue weighted by Crippen LogP contribution is 2.13. The molecule has 1 unspecified atom stereocenters. The van der Waals surface area contributed by atoms with Crippen LogP contribution in [-0.4, -0.2) is 29.1 Å². The number of rotatable bonds is 8. The monoisotopic (exact) mass is 283 g/mol. The summed E-state index contributed by atoms with van der Waals surface area (Å²) in [5.74, 6) is -1.08. The van der Waals surface area contributed by atoms with Crippen molar-refractivity contribution < 1.29 is 9.90 Å². The molecule has 0 saturated heterocycles. The third kappa shape index (κ3) is 6.08. The van der Waals surface area contributed by atoms with E-state index < -0.39 is 5.97 Å². The molecule has 0 amide bonds. The third-order valence-corrected chi connectivity index (χ3v) is 3.35. The van der Waals surface area contributed by atoms with Crippen LogP contribution >= 0.6 is 11.6 Å². The van der Waals surface area contributed by atoms with Crippen LogP contribution in [0.2, 0.25) is 5.02 Å². The fraction of sp³-hybridized carbons (Fsp3) is 0.533. The quantitative estimate of drug-likeness (QED) is 0.791. The van der Waals surface area contributed by atoms with Gasteiger partial charge in [-0.2, -0.15) is 0 Å². The molecule has 4 heteroatoms. The van der Waals surface area contributed by atoms with Gasteiger partial charge in [0.25, 0.3) is 0 Å². The number of nitrogens with zero attached hydrogens (tertiary/aromatic N) is 1. The topological polar surface area (TPSA) is 40.5 Å². The lowest BCUT2D eigenvalue weighted by Gasteiger charge is -2.24. The maximum absolute atomic E-state index is 11.0. The van der Waals surface area contributed by atoms with Crippen LogP contribution in [-0.2, 0) is 11.3 Å². The van der Waals surface area contributed by atoms with E-state index in [0.29, 0.717) is 6.54 Å². The van der Waals surface area contributed by atoms with Gasteiger partial charge in [-0.25, -0.2) is 0 Å². The molecular weight excluding hydrogens is 262 g/mol. The van der Waals surface area contributed by atoms with E-state index >= 15 is 0 Å². The fourth-order valence-electron chi connectivity index (χ4n) is 1.93. The lowest BCUT2D eigenvalue weighted by atomic mass is 10.1. The first-order valence-corrected chi connectivity index (χ1v) is 7.10. The molecule has 1 N–H and O–H groups in total. The molecule has 1 aromatic rings. The predicted octanol–water partition coefficient (Wildman–Crippen LogP) is 3.66.